The Balaban J connectivity index is 1.44. The average molecular weight is 499 g/mol. The molecule has 8 nitrogen and oxygen atoms in total. The van der Waals surface area contributed by atoms with E-state index in [-0.39, 0.29) is 18.1 Å². The Labute approximate surface area is 213 Å². The number of benzene rings is 2. The highest BCUT2D eigenvalue weighted by Crippen LogP contribution is 2.50. The van der Waals surface area contributed by atoms with Crippen molar-refractivity contribution in [3.8, 4) is 0 Å². The van der Waals surface area contributed by atoms with E-state index in [0.29, 0.717) is 17.7 Å². The number of carbonyl (C=O) groups is 3. The molecule has 3 atom stereocenters. The molecule has 2 aromatic carbocycles. The van der Waals surface area contributed by atoms with Crippen molar-refractivity contribution in [1.82, 2.24) is 9.88 Å². The number of ether oxygens (including phenoxy) is 1. The number of β-lactam (4-membered cyclic amide) rings is 1. The lowest BCUT2D eigenvalue weighted by atomic mass is 9.81. The standard InChI is InChI=1S/C29H26N2O6/c1-29(17-32)16-23-22(15-21-14-20(27(34)35)12-13-30-21)26(33)31(23)25(29)28(36)37-24(18-8-4-2-5-9-18)19-10-6-3-7-11-19/h2-15,23-25,32H,16-17H2,1H3,(H,34,35)/b22-15+/t23?,25-,29-/m0/s1. The molecule has 0 aliphatic carbocycles. The smallest absolute Gasteiger partial charge is 0.335 e. The highest BCUT2D eigenvalue weighted by Gasteiger charge is 2.62. The lowest BCUT2D eigenvalue weighted by molar-refractivity contribution is -0.163. The van der Waals surface area contributed by atoms with Crippen LogP contribution < -0.4 is 0 Å². The minimum atomic E-state index is -1.09. The fraction of sp³-hybridized carbons (Fsp3) is 0.241. The molecule has 2 N–H and O–H groups in total. The Kier molecular flexibility index (Phi) is 6.35. The number of carboxylic acids is 1. The second-order valence-electron chi connectivity index (χ2n) is 9.66. The normalized spacial score (nSPS) is 23.6. The van der Waals surface area contributed by atoms with Gasteiger partial charge in [-0.2, -0.15) is 0 Å². The van der Waals surface area contributed by atoms with Crippen molar-refractivity contribution in [2.45, 2.75) is 31.5 Å². The quantitative estimate of drug-likeness (QED) is 0.291. The average Bonchev–Trinajstić information content (AvgIpc) is 3.21. The van der Waals surface area contributed by atoms with Gasteiger partial charge < -0.3 is 19.8 Å². The molecular formula is C29H26N2O6. The number of carbonyl (C=O) groups excluding carboxylic acids is 2. The van der Waals surface area contributed by atoms with Crippen molar-refractivity contribution in [1.29, 1.82) is 0 Å². The third kappa shape index (κ3) is 4.40. The second kappa shape index (κ2) is 9.63. The van der Waals surface area contributed by atoms with Crippen molar-refractivity contribution in [3.05, 3.63) is 107 Å². The number of fused-ring (bicyclic) bond motifs is 1. The first-order valence-electron chi connectivity index (χ1n) is 12.0. The Morgan fingerprint density at radius 2 is 1.73 bits per heavy atom. The van der Waals surface area contributed by atoms with Gasteiger partial charge in [0.05, 0.1) is 23.9 Å². The SMILES string of the molecule is C[C@@]1(CO)CC2/C(=C\c3cc(C(=O)O)ccn3)C(=O)N2[C@H]1C(=O)OC(c1ccccc1)c1ccccc1. The molecule has 0 spiro atoms. The van der Waals surface area contributed by atoms with Crippen LogP contribution in [0.3, 0.4) is 0 Å². The molecule has 2 aliphatic rings. The highest BCUT2D eigenvalue weighted by atomic mass is 16.5. The topological polar surface area (TPSA) is 117 Å². The molecule has 0 saturated carbocycles. The summed E-state index contributed by atoms with van der Waals surface area (Å²) in [5.74, 6) is -2.04. The van der Waals surface area contributed by atoms with Crippen LogP contribution in [-0.4, -0.2) is 56.6 Å². The van der Waals surface area contributed by atoms with Crippen molar-refractivity contribution >= 4 is 23.9 Å². The summed E-state index contributed by atoms with van der Waals surface area (Å²) in [5, 5.41) is 19.5. The van der Waals surface area contributed by atoms with Gasteiger partial charge in [-0.1, -0.05) is 67.6 Å². The van der Waals surface area contributed by atoms with E-state index >= 15 is 0 Å². The van der Waals surface area contributed by atoms with Gasteiger partial charge in [0.15, 0.2) is 6.10 Å². The summed E-state index contributed by atoms with van der Waals surface area (Å²) in [6.07, 6.45) is 2.61. The molecule has 0 bridgehead atoms. The number of esters is 1. The summed E-state index contributed by atoms with van der Waals surface area (Å²) >= 11 is 0. The van der Waals surface area contributed by atoms with E-state index in [2.05, 4.69) is 4.98 Å². The zero-order valence-electron chi connectivity index (χ0n) is 20.2. The molecular weight excluding hydrogens is 472 g/mol. The van der Waals surface area contributed by atoms with Gasteiger partial charge in [-0.05, 0) is 35.8 Å². The molecule has 5 rings (SSSR count). The number of rotatable bonds is 7. The van der Waals surface area contributed by atoms with Crippen LogP contribution in [0.4, 0.5) is 0 Å². The third-order valence-corrected chi connectivity index (χ3v) is 7.13. The van der Waals surface area contributed by atoms with Crippen LogP contribution in [0, 0.1) is 5.41 Å². The van der Waals surface area contributed by atoms with E-state index < -0.39 is 35.5 Å². The van der Waals surface area contributed by atoms with Crippen LogP contribution in [0.15, 0.2) is 84.6 Å². The van der Waals surface area contributed by atoms with Crippen LogP contribution in [0.25, 0.3) is 6.08 Å². The number of aromatic carboxylic acids is 1. The predicted octanol–water partition coefficient (Wildman–Crippen LogP) is 3.48. The largest absolute Gasteiger partial charge is 0.478 e. The molecule has 8 heteroatoms. The van der Waals surface area contributed by atoms with Gasteiger partial charge in [-0.15, -0.1) is 0 Å². The van der Waals surface area contributed by atoms with Crippen molar-refractivity contribution in [3.63, 3.8) is 0 Å². The predicted molar refractivity (Wildman–Crippen MR) is 134 cm³/mol. The van der Waals surface area contributed by atoms with Gasteiger partial charge in [-0.25, -0.2) is 9.59 Å². The lowest BCUT2D eigenvalue weighted by Crippen LogP contribution is -2.58. The maximum Gasteiger partial charge on any atom is 0.335 e. The lowest BCUT2D eigenvalue weighted by Gasteiger charge is -2.41. The number of nitrogens with zero attached hydrogens (tertiary/aromatic N) is 2. The Hall–Kier alpha value is -4.30. The fourth-order valence-electron chi connectivity index (χ4n) is 5.20. The molecule has 1 unspecified atom stereocenters. The molecule has 2 aliphatic heterocycles. The summed E-state index contributed by atoms with van der Waals surface area (Å²) in [5.41, 5.74) is 1.50. The van der Waals surface area contributed by atoms with E-state index in [0.717, 1.165) is 11.1 Å². The van der Waals surface area contributed by atoms with E-state index in [1.54, 1.807) is 13.0 Å². The molecule has 3 heterocycles. The maximum absolute atomic E-state index is 13.7. The monoisotopic (exact) mass is 498 g/mol. The number of aliphatic hydroxyl groups excluding tert-OH is 1. The molecule has 3 aromatic rings. The van der Waals surface area contributed by atoms with E-state index in [1.807, 2.05) is 60.7 Å². The van der Waals surface area contributed by atoms with Gasteiger partial charge in [0.2, 0.25) is 0 Å². The number of pyridine rings is 1. The van der Waals surface area contributed by atoms with Gasteiger partial charge >= 0.3 is 11.9 Å². The van der Waals surface area contributed by atoms with Crippen LogP contribution in [-0.2, 0) is 14.3 Å². The second-order valence-corrected chi connectivity index (χ2v) is 9.66. The maximum atomic E-state index is 13.7. The van der Waals surface area contributed by atoms with Crippen molar-refractivity contribution < 1.29 is 29.3 Å². The molecule has 2 fully saturated rings. The summed E-state index contributed by atoms with van der Waals surface area (Å²) in [7, 11) is 0. The highest BCUT2D eigenvalue weighted by molar-refractivity contribution is 6.08. The van der Waals surface area contributed by atoms with Crippen LogP contribution in [0.5, 0.6) is 0 Å². The first kappa shape index (κ1) is 24.4. The minimum absolute atomic E-state index is 0.0615. The zero-order chi connectivity index (χ0) is 26.2. The number of hydrogen-bond acceptors (Lipinski definition) is 6. The molecule has 1 aromatic heterocycles. The van der Waals surface area contributed by atoms with Gasteiger partial charge in [0.25, 0.3) is 5.91 Å². The van der Waals surface area contributed by atoms with Gasteiger partial charge in [-0.3, -0.25) is 9.78 Å². The van der Waals surface area contributed by atoms with E-state index in [4.69, 9.17) is 4.74 Å². The Morgan fingerprint density at radius 1 is 1.11 bits per heavy atom. The van der Waals surface area contributed by atoms with Crippen LogP contribution in [0.1, 0.15) is 46.6 Å². The van der Waals surface area contributed by atoms with E-state index in [1.165, 1.54) is 23.2 Å². The zero-order valence-corrected chi connectivity index (χ0v) is 20.2. The first-order valence-corrected chi connectivity index (χ1v) is 12.0. The van der Waals surface area contributed by atoms with Gasteiger partial charge in [0.1, 0.15) is 6.04 Å². The Bertz CT molecular complexity index is 1330. The molecule has 1 amide bonds. The molecule has 188 valence electrons. The minimum Gasteiger partial charge on any atom is -0.478 e. The molecule has 37 heavy (non-hydrogen) atoms. The number of carboxylic acid groups (broad SMARTS) is 1. The summed E-state index contributed by atoms with van der Waals surface area (Å²) in [6, 6.07) is 20.1. The van der Waals surface area contributed by atoms with Crippen LogP contribution >= 0.6 is 0 Å². The van der Waals surface area contributed by atoms with E-state index in [9.17, 15) is 24.6 Å². The summed E-state index contributed by atoms with van der Waals surface area (Å²) in [6.45, 7) is 1.46. The molecule has 2 saturated heterocycles. The van der Waals surface area contributed by atoms with Gasteiger partial charge in [0, 0.05) is 17.2 Å². The van der Waals surface area contributed by atoms with Crippen LogP contribution in [0.2, 0.25) is 0 Å². The number of hydrogen-bond donors (Lipinski definition) is 2. The number of aromatic nitrogens is 1. The Morgan fingerprint density at radius 3 is 2.30 bits per heavy atom. The van der Waals surface area contributed by atoms with Crippen molar-refractivity contribution in [2.75, 3.05) is 6.61 Å². The number of amides is 1. The summed E-state index contributed by atoms with van der Waals surface area (Å²) in [4.78, 5) is 43.8. The first-order chi connectivity index (χ1) is 17.8. The number of aliphatic hydroxyl groups is 1. The fourth-order valence-corrected chi connectivity index (χ4v) is 5.20. The summed E-state index contributed by atoms with van der Waals surface area (Å²) < 4.78 is 6.06. The van der Waals surface area contributed by atoms with Crippen molar-refractivity contribution in [2.24, 2.45) is 5.41 Å². The molecule has 0 radical (unpaired) electrons. The third-order valence-electron chi connectivity index (χ3n) is 7.13.